The molecular weight excluding hydrogens is 412 g/mol. The van der Waals surface area contributed by atoms with E-state index in [9.17, 15) is 14.9 Å². The Balaban J connectivity index is 1.50. The number of nitro groups is 1. The van der Waals surface area contributed by atoms with Gasteiger partial charge in [-0.2, -0.15) is 0 Å². The molecule has 0 spiro atoms. The van der Waals surface area contributed by atoms with Gasteiger partial charge in [-0.25, -0.2) is 0 Å². The van der Waals surface area contributed by atoms with Crippen molar-refractivity contribution in [1.82, 2.24) is 0 Å². The van der Waals surface area contributed by atoms with E-state index in [4.69, 9.17) is 4.74 Å². The summed E-state index contributed by atoms with van der Waals surface area (Å²) in [6, 6.07) is 16.3. The highest BCUT2D eigenvalue weighted by Gasteiger charge is 2.26. The van der Waals surface area contributed by atoms with E-state index in [2.05, 4.69) is 15.9 Å². The van der Waals surface area contributed by atoms with Crippen LogP contribution in [0.25, 0.3) is 10.8 Å². The lowest BCUT2D eigenvalue weighted by molar-refractivity contribution is -0.384. The predicted octanol–water partition coefficient (Wildman–Crippen LogP) is 4.48. The number of fused-ring (bicyclic) bond motifs is 2. The van der Waals surface area contributed by atoms with Gasteiger partial charge in [-0.05, 0) is 50.8 Å². The first-order valence-corrected chi connectivity index (χ1v) is 9.21. The molecule has 1 heterocycles. The van der Waals surface area contributed by atoms with Crippen LogP contribution in [0, 0.1) is 10.1 Å². The Morgan fingerprint density at radius 3 is 2.81 bits per heavy atom. The average Bonchev–Trinajstić information content (AvgIpc) is 3.10. The van der Waals surface area contributed by atoms with Crippen LogP contribution in [0.4, 0.5) is 11.4 Å². The molecule has 6 nitrogen and oxygen atoms in total. The van der Waals surface area contributed by atoms with E-state index in [0.717, 1.165) is 20.8 Å². The van der Waals surface area contributed by atoms with Crippen molar-refractivity contribution in [3.8, 4) is 5.75 Å². The third kappa shape index (κ3) is 3.26. The molecule has 1 aliphatic rings. The fraction of sp³-hybridized carbons (Fsp3) is 0.150. The number of non-ortho nitro benzene ring substituents is 1. The van der Waals surface area contributed by atoms with Crippen LogP contribution in [0.15, 0.2) is 59.1 Å². The van der Waals surface area contributed by atoms with Gasteiger partial charge in [-0.3, -0.25) is 14.9 Å². The molecule has 3 aromatic rings. The first kappa shape index (κ1) is 17.5. The molecule has 0 saturated heterocycles. The van der Waals surface area contributed by atoms with Crippen molar-refractivity contribution in [2.45, 2.75) is 6.42 Å². The standard InChI is InChI=1S/C20H15BrN2O4/c21-20-16-4-2-1-3-13(16)5-8-18(20)27-12-19(24)22-10-9-14-11-15(23(25)26)6-7-17(14)22/h1-8,11H,9-10,12H2. The van der Waals surface area contributed by atoms with Crippen LogP contribution in [-0.4, -0.2) is 24.0 Å². The second kappa shape index (κ2) is 7.00. The van der Waals surface area contributed by atoms with Gasteiger partial charge in [0.05, 0.1) is 9.40 Å². The Labute approximate surface area is 163 Å². The fourth-order valence-electron chi connectivity index (χ4n) is 3.30. The minimum absolute atomic E-state index is 0.0411. The van der Waals surface area contributed by atoms with Gasteiger partial charge in [-0.15, -0.1) is 0 Å². The number of rotatable bonds is 4. The number of halogens is 1. The third-order valence-corrected chi connectivity index (χ3v) is 5.47. The van der Waals surface area contributed by atoms with Crippen molar-refractivity contribution >= 4 is 44.0 Å². The maximum Gasteiger partial charge on any atom is 0.269 e. The van der Waals surface area contributed by atoms with Crippen molar-refractivity contribution in [1.29, 1.82) is 0 Å². The monoisotopic (exact) mass is 426 g/mol. The predicted molar refractivity (Wildman–Crippen MR) is 106 cm³/mol. The van der Waals surface area contributed by atoms with Crippen LogP contribution in [-0.2, 0) is 11.2 Å². The van der Waals surface area contributed by atoms with Crippen LogP contribution in [0.5, 0.6) is 5.75 Å². The molecule has 0 N–H and O–H groups in total. The molecule has 0 aromatic heterocycles. The number of hydrogen-bond donors (Lipinski definition) is 0. The number of amides is 1. The lowest BCUT2D eigenvalue weighted by Gasteiger charge is -2.18. The summed E-state index contributed by atoms with van der Waals surface area (Å²) >= 11 is 3.55. The highest BCUT2D eigenvalue weighted by molar-refractivity contribution is 9.10. The van der Waals surface area contributed by atoms with Crippen LogP contribution < -0.4 is 9.64 Å². The third-order valence-electron chi connectivity index (χ3n) is 4.65. The van der Waals surface area contributed by atoms with Gasteiger partial charge in [0.2, 0.25) is 0 Å². The molecule has 0 radical (unpaired) electrons. The Bertz CT molecular complexity index is 1070. The summed E-state index contributed by atoms with van der Waals surface area (Å²) in [5, 5.41) is 13.0. The van der Waals surface area contributed by atoms with E-state index in [1.54, 1.807) is 11.0 Å². The minimum Gasteiger partial charge on any atom is -0.483 e. The number of carbonyl (C=O) groups excluding carboxylic acids is 1. The Hall–Kier alpha value is -2.93. The van der Waals surface area contributed by atoms with E-state index in [-0.39, 0.29) is 18.2 Å². The van der Waals surface area contributed by atoms with Gasteiger partial charge in [0.1, 0.15) is 5.75 Å². The molecule has 1 aliphatic heterocycles. The second-order valence-electron chi connectivity index (χ2n) is 6.25. The van der Waals surface area contributed by atoms with Crippen LogP contribution >= 0.6 is 15.9 Å². The van der Waals surface area contributed by atoms with Crippen molar-refractivity contribution in [3.63, 3.8) is 0 Å². The van der Waals surface area contributed by atoms with Gasteiger partial charge in [0.25, 0.3) is 11.6 Å². The molecular formula is C20H15BrN2O4. The van der Waals surface area contributed by atoms with Crippen molar-refractivity contribution in [3.05, 3.63) is 74.7 Å². The normalized spacial score (nSPS) is 12.9. The molecule has 0 aliphatic carbocycles. The van der Waals surface area contributed by atoms with Crippen molar-refractivity contribution < 1.29 is 14.5 Å². The number of nitro benzene ring substituents is 1. The van der Waals surface area contributed by atoms with Crippen LogP contribution in [0.1, 0.15) is 5.56 Å². The Kier molecular flexibility index (Phi) is 4.53. The van der Waals surface area contributed by atoms with Crippen molar-refractivity contribution in [2.24, 2.45) is 0 Å². The highest BCUT2D eigenvalue weighted by atomic mass is 79.9. The van der Waals surface area contributed by atoms with Gasteiger partial charge in [0, 0.05) is 24.4 Å². The van der Waals surface area contributed by atoms with Gasteiger partial charge < -0.3 is 9.64 Å². The summed E-state index contributed by atoms with van der Waals surface area (Å²) in [6.07, 6.45) is 0.600. The smallest absolute Gasteiger partial charge is 0.269 e. The highest BCUT2D eigenvalue weighted by Crippen LogP contribution is 2.34. The zero-order valence-electron chi connectivity index (χ0n) is 14.2. The molecule has 136 valence electrons. The first-order chi connectivity index (χ1) is 13.0. The van der Waals surface area contributed by atoms with E-state index < -0.39 is 4.92 Å². The molecule has 0 fully saturated rings. The molecule has 0 bridgehead atoms. The summed E-state index contributed by atoms with van der Waals surface area (Å²) in [7, 11) is 0. The number of nitrogens with zero attached hydrogens (tertiary/aromatic N) is 2. The molecule has 7 heteroatoms. The van der Waals surface area contributed by atoms with Gasteiger partial charge in [-0.1, -0.05) is 30.3 Å². The molecule has 0 unspecified atom stereocenters. The summed E-state index contributed by atoms with van der Waals surface area (Å²) in [6.45, 7) is 0.394. The van der Waals surface area contributed by atoms with Crippen molar-refractivity contribution in [2.75, 3.05) is 18.1 Å². The maximum atomic E-state index is 12.6. The summed E-state index contributed by atoms with van der Waals surface area (Å²) in [4.78, 5) is 24.7. The lowest BCUT2D eigenvalue weighted by Crippen LogP contribution is -2.33. The SMILES string of the molecule is O=C(COc1ccc2ccccc2c1Br)N1CCc2cc([N+](=O)[O-])ccc21. The van der Waals surface area contributed by atoms with Gasteiger partial charge >= 0.3 is 0 Å². The summed E-state index contributed by atoms with van der Waals surface area (Å²) in [5.74, 6) is 0.424. The zero-order chi connectivity index (χ0) is 19.0. The van der Waals surface area contributed by atoms with E-state index in [1.807, 2.05) is 36.4 Å². The molecule has 0 saturated carbocycles. The second-order valence-corrected chi connectivity index (χ2v) is 7.05. The number of hydrogen-bond acceptors (Lipinski definition) is 4. The van der Waals surface area contributed by atoms with E-state index >= 15 is 0 Å². The Morgan fingerprint density at radius 1 is 1.19 bits per heavy atom. The zero-order valence-corrected chi connectivity index (χ0v) is 15.8. The molecule has 27 heavy (non-hydrogen) atoms. The van der Waals surface area contributed by atoms with E-state index in [1.165, 1.54) is 12.1 Å². The number of ether oxygens (including phenoxy) is 1. The van der Waals surface area contributed by atoms with E-state index in [0.29, 0.717) is 24.4 Å². The largest absolute Gasteiger partial charge is 0.483 e. The summed E-state index contributed by atoms with van der Waals surface area (Å²) in [5.41, 5.74) is 1.57. The maximum absolute atomic E-state index is 12.6. The number of carbonyl (C=O) groups is 1. The number of anilines is 1. The quantitative estimate of drug-likeness (QED) is 0.455. The molecule has 3 aromatic carbocycles. The summed E-state index contributed by atoms with van der Waals surface area (Å²) < 4.78 is 6.56. The molecule has 0 atom stereocenters. The Morgan fingerprint density at radius 2 is 2.00 bits per heavy atom. The van der Waals surface area contributed by atoms with Crippen LogP contribution in [0.3, 0.4) is 0 Å². The fourth-order valence-corrected chi connectivity index (χ4v) is 3.91. The molecule has 4 rings (SSSR count). The lowest BCUT2D eigenvalue weighted by atomic mass is 10.1. The first-order valence-electron chi connectivity index (χ1n) is 8.42. The number of benzene rings is 3. The van der Waals surface area contributed by atoms with Crippen LogP contribution in [0.2, 0.25) is 0 Å². The molecule has 1 amide bonds. The average molecular weight is 427 g/mol. The topological polar surface area (TPSA) is 72.7 Å². The van der Waals surface area contributed by atoms with Gasteiger partial charge in [0.15, 0.2) is 6.61 Å². The minimum atomic E-state index is -0.425.